The van der Waals surface area contributed by atoms with Gasteiger partial charge >= 0.3 is 0 Å². The van der Waals surface area contributed by atoms with Gasteiger partial charge in [-0.1, -0.05) is 12.1 Å². The van der Waals surface area contributed by atoms with Crippen LogP contribution >= 0.6 is 12.2 Å². The van der Waals surface area contributed by atoms with E-state index in [1.165, 1.54) is 5.56 Å². The van der Waals surface area contributed by atoms with Gasteiger partial charge in [0, 0.05) is 12.4 Å². The Kier molecular flexibility index (Phi) is 2.95. The molecule has 0 aliphatic carbocycles. The summed E-state index contributed by atoms with van der Waals surface area (Å²) in [6.45, 7) is 4.22. The van der Waals surface area contributed by atoms with Gasteiger partial charge in [0.25, 0.3) is 0 Å². The largest absolute Gasteiger partial charge is 0.331 e. The summed E-state index contributed by atoms with van der Waals surface area (Å²) in [6, 6.07) is 10.5. The smallest absolute Gasteiger partial charge is 0.178 e. The third-order valence-electron chi connectivity index (χ3n) is 3.43. The highest BCUT2D eigenvalue weighted by Gasteiger charge is 2.13. The number of hydrogen-bond acceptors (Lipinski definition) is 2. The summed E-state index contributed by atoms with van der Waals surface area (Å²) < 4.78 is 2.89. The molecule has 3 aromatic rings. The van der Waals surface area contributed by atoms with E-state index in [0.29, 0.717) is 0 Å². The number of aromatic amines is 1. The second kappa shape index (κ2) is 4.63. The topological polar surface area (TPSA) is 33.6 Å². The second-order valence-corrected chi connectivity index (χ2v) is 5.17. The Balaban J connectivity index is 2.20. The molecule has 0 radical (unpaired) electrons. The zero-order valence-corrected chi connectivity index (χ0v) is 11.7. The van der Waals surface area contributed by atoms with Crippen LogP contribution in [0, 0.1) is 11.7 Å². The van der Waals surface area contributed by atoms with E-state index in [-0.39, 0.29) is 6.04 Å². The molecule has 3 nitrogen and oxygen atoms in total. The van der Waals surface area contributed by atoms with Gasteiger partial charge in [-0.15, -0.1) is 0 Å². The molecule has 2 heterocycles. The minimum absolute atomic E-state index is 0.164. The van der Waals surface area contributed by atoms with E-state index in [1.807, 2.05) is 12.3 Å². The van der Waals surface area contributed by atoms with E-state index in [1.54, 1.807) is 6.20 Å². The van der Waals surface area contributed by atoms with Crippen LogP contribution in [0.3, 0.4) is 0 Å². The lowest BCUT2D eigenvalue weighted by Crippen LogP contribution is -2.06. The lowest BCUT2D eigenvalue weighted by molar-refractivity contribution is 0.646. The Labute approximate surface area is 116 Å². The van der Waals surface area contributed by atoms with Gasteiger partial charge in [0.15, 0.2) is 4.77 Å². The monoisotopic (exact) mass is 269 g/mol. The summed E-state index contributed by atoms with van der Waals surface area (Å²) in [5, 5.41) is 0. The molecule has 0 aliphatic heterocycles. The van der Waals surface area contributed by atoms with Crippen LogP contribution in [0.25, 0.3) is 11.0 Å². The van der Waals surface area contributed by atoms with Crippen molar-refractivity contribution in [2.24, 2.45) is 0 Å². The molecule has 96 valence electrons. The lowest BCUT2D eigenvalue weighted by atomic mass is 10.1. The highest BCUT2D eigenvalue weighted by atomic mass is 32.1. The predicted octanol–water partition coefficient (Wildman–Crippen LogP) is 4.01. The summed E-state index contributed by atoms with van der Waals surface area (Å²) in [4.78, 5) is 7.46. The van der Waals surface area contributed by atoms with Crippen molar-refractivity contribution in [3.63, 3.8) is 0 Å². The molecule has 3 rings (SSSR count). The molecule has 0 saturated carbocycles. The summed E-state index contributed by atoms with van der Waals surface area (Å²) in [5.74, 6) is 0. The Morgan fingerprint density at radius 2 is 2.16 bits per heavy atom. The molecule has 0 amide bonds. The standard InChI is InChI=1S/C15H15N3S/c1-10-5-6-14-13(8-10)17-15(19)18(14)11(2)12-4-3-7-16-9-12/h3-9,11H,1-2H3,(H,17,19). The van der Waals surface area contributed by atoms with Gasteiger partial charge in [-0.25, -0.2) is 0 Å². The van der Waals surface area contributed by atoms with Crippen LogP contribution in [0.5, 0.6) is 0 Å². The highest BCUT2D eigenvalue weighted by Crippen LogP contribution is 2.24. The molecule has 1 N–H and O–H groups in total. The van der Waals surface area contributed by atoms with Crippen molar-refractivity contribution in [1.29, 1.82) is 0 Å². The molecule has 4 heteroatoms. The minimum atomic E-state index is 0.164. The fraction of sp³-hybridized carbons (Fsp3) is 0.200. The van der Waals surface area contributed by atoms with E-state index in [0.717, 1.165) is 21.4 Å². The van der Waals surface area contributed by atoms with Crippen LogP contribution in [-0.2, 0) is 0 Å². The van der Waals surface area contributed by atoms with Gasteiger partial charge in [0.2, 0.25) is 0 Å². The number of benzene rings is 1. The number of H-pyrrole nitrogens is 1. The molecule has 0 spiro atoms. The third kappa shape index (κ3) is 2.08. The normalized spacial score (nSPS) is 12.7. The molecule has 0 aliphatic rings. The maximum absolute atomic E-state index is 5.46. The van der Waals surface area contributed by atoms with Crippen LogP contribution < -0.4 is 0 Å². The number of pyridine rings is 1. The summed E-state index contributed by atoms with van der Waals surface area (Å²) in [7, 11) is 0. The first-order valence-electron chi connectivity index (χ1n) is 6.27. The van der Waals surface area contributed by atoms with Crippen LogP contribution in [0.4, 0.5) is 0 Å². The predicted molar refractivity (Wildman–Crippen MR) is 79.9 cm³/mol. The molecule has 0 fully saturated rings. The van der Waals surface area contributed by atoms with Gasteiger partial charge in [0.1, 0.15) is 0 Å². The van der Waals surface area contributed by atoms with Crippen molar-refractivity contribution in [3.05, 3.63) is 58.6 Å². The number of rotatable bonds is 2. The zero-order chi connectivity index (χ0) is 13.4. The van der Waals surface area contributed by atoms with Crippen LogP contribution in [-0.4, -0.2) is 14.5 Å². The molecule has 2 aromatic heterocycles. The molecule has 19 heavy (non-hydrogen) atoms. The molecular weight excluding hydrogens is 254 g/mol. The molecule has 0 saturated heterocycles. The quantitative estimate of drug-likeness (QED) is 0.713. The first-order valence-corrected chi connectivity index (χ1v) is 6.68. The summed E-state index contributed by atoms with van der Waals surface area (Å²) >= 11 is 5.46. The number of aromatic nitrogens is 3. The van der Waals surface area contributed by atoms with Crippen LogP contribution in [0.1, 0.15) is 24.1 Å². The van der Waals surface area contributed by atoms with Crippen molar-refractivity contribution in [1.82, 2.24) is 14.5 Å². The van der Waals surface area contributed by atoms with Gasteiger partial charge in [0.05, 0.1) is 17.1 Å². The summed E-state index contributed by atoms with van der Waals surface area (Å²) in [6.07, 6.45) is 3.67. The first kappa shape index (κ1) is 12.1. The van der Waals surface area contributed by atoms with E-state index in [2.05, 4.69) is 52.6 Å². The van der Waals surface area contributed by atoms with Crippen molar-refractivity contribution in [2.45, 2.75) is 19.9 Å². The van der Waals surface area contributed by atoms with Crippen LogP contribution in [0.15, 0.2) is 42.7 Å². The van der Waals surface area contributed by atoms with Gasteiger partial charge in [-0.2, -0.15) is 0 Å². The molecule has 0 bridgehead atoms. The minimum Gasteiger partial charge on any atom is -0.331 e. The number of fused-ring (bicyclic) bond motifs is 1. The molecule has 1 unspecified atom stereocenters. The Bertz CT molecular complexity index is 771. The second-order valence-electron chi connectivity index (χ2n) is 4.78. The number of nitrogens with zero attached hydrogens (tertiary/aromatic N) is 2. The Morgan fingerprint density at radius 3 is 2.89 bits per heavy atom. The molecule has 1 atom stereocenters. The van der Waals surface area contributed by atoms with Crippen LogP contribution in [0.2, 0.25) is 0 Å². The van der Waals surface area contributed by atoms with Crippen molar-refractivity contribution < 1.29 is 0 Å². The van der Waals surface area contributed by atoms with E-state index < -0.39 is 0 Å². The third-order valence-corrected chi connectivity index (χ3v) is 3.72. The van der Waals surface area contributed by atoms with Gasteiger partial charge < -0.3 is 9.55 Å². The molecule has 1 aromatic carbocycles. The van der Waals surface area contributed by atoms with E-state index in [9.17, 15) is 0 Å². The number of imidazole rings is 1. The number of nitrogens with one attached hydrogen (secondary N) is 1. The zero-order valence-electron chi connectivity index (χ0n) is 10.9. The Hall–Kier alpha value is -1.94. The van der Waals surface area contributed by atoms with Gasteiger partial charge in [-0.05, 0) is 55.4 Å². The van der Waals surface area contributed by atoms with Crippen molar-refractivity contribution in [2.75, 3.05) is 0 Å². The fourth-order valence-electron chi connectivity index (χ4n) is 2.40. The average Bonchev–Trinajstić information content (AvgIpc) is 2.74. The number of aryl methyl sites for hydroxylation is 1. The number of hydrogen-bond donors (Lipinski definition) is 1. The maximum atomic E-state index is 5.46. The van der Waals surface area contributed by atoms with Crippen molar-refractivity contribution >= 4 is 23.3 Å². The maximum Gasteiger partial charge on any atom is 0.178 e. The average molecular weight is 269 g/mol. The summed E-state index contributed by atoms with van der Waals surface area (Å²) in [5.41, 5.74) is 4.60. The van der Waals surface area contributed by atoms with E-state index in [4.69, 9.17) is 12.2 Å². The SMILES string of the molecule is Cc1ccc2c(c1)[nH]c(=S)n2C(C)c1cccnc1. The lowest BCUT2D eigenvalue weighted by Gasteiger charge is -2.14. The van der Waals surface area contributed by atoms with Gasteiger partial charge in [-0.3, -0.25) is 4.98 Å². The first-order chi connectivity index (χ1) is 9.16. The van der Waals surface area contributed by atoms with Crippen molar-refractivity contribution in [3.8, 4) is 0 Å². The van der Waals surface area contributed by atoms with E-state index >= 15 is 0 Å². The fourth-order valence-corrected chi connectivity index (χ4v) is 2.77. The molecular formula is C15H15N3S. The highest BCUT2D eigenvalue weighted by molar-refractivity contribution is 7.71. The Morgan fingerprint density at radius 1 is 1.32 bits per heavy atom.